The Labute approximate surface area is 140 Å². The van der Waals surface area contributed by atoms with Gasteiger partial charge in [0, 0.05) is 6.42 Å². The van der Waals surface area contributed by atoms with Crippen LogP contribution in [0.15, 0.2) is 48.5 Å². The van der Waals surface area contributed by atoms with Crippen LogP contribution >= 0.6 is 0 Å². The second-order valence-electron chi connectivity index (χ2n) is 6.94. The van der Waals surface area contributed by atoms with Gasteiger partial charge >= 0.3 is 0 Å². The van der Waals surface area contributed by atoms with Gasteiger partial charge in [-0.3, -0.25) is 0 Å². The van der Waals surface area contributed by atoms with Gasteiger partial charge in [-0.15, -0.1) is 0 Å². The van der Waals surface area contributed by atoms with Gasteiger partial charge in [-0.25, -0.2) is 0 Å². The fourth-order valence-electron chi connectivity index (χ4n) is 3.63. The van der Waals surface area contributed by atoms with E-state index >= 15 is 0 Å². The molecule has 0 spiro atoms. The summed E-state index contributed by atoms with van der Waals surface area (Å²) in [6.45, 7) is 5.18. The maximum atomic E-state index is 5.90. The summed E-state index contributed by atoms with van der Waals surface area (Å²) in [4.78, 5) is 0. The molecule has 1 saturated carbocycles. The van der Waals surface area contributed by atoms with E-state index in [9.17, 15) is 0 Å². The van der Waals surface area contributed by atoms with Crippen molar-refractivity contribution in [1.82, 2.24) is 0 Å². The van der Waals surface area contributed by atoms with Crippen LogP contribution < -0.4 is 4.74 Å². The topological polar surface area (TPSA) is 9.23 Å². The molecule has 0 radical (unpaired) electrons. The first-order valence-electron chi connectivity index (χ1n) is 9.03. The first-order valence-corrected chi connectivity index (χ1v) is 9.03. The molecule has 1 heteroatoms. The van der Waals surface area contributed by atoms with Crippen molar-refractivity contribution in [2.45, 2.75) is 51.9 Å². The van der Waals surface area contributed by atoms with Crippen LogP contribution in [-0.2, 0) is 6.42 Å². The monoisotopic (exact) mass is 308 g/mol. The normalized spacial score (nSPS) is 20.6. The van der Waals surface area contributed by atoms with Crippen LogP contribution in [0.2, 0.25) is 0 Å². The molecule has 0 saturated heterocycles. The summed E-state index contributed by atoms with van der Waals surface area (Å²) < 4.78 is 5.90. The molecule has 0 amide bonds. The largest absolute Gasteiger partial charge is 0.493 e. The Morgan fingerprint density at radius 2 is 1.70 bits per heavy atom. The minimum atomic E-state index is 0.740. The van der Waals surface area contributed by atoms with Crippen LogP contribution in [0.25, 0.3) is 0 Å². The molecule has 0 aromatic heterocycles. The van der Waals surface area contributed by atoms with E-state index in [1.807, 2.05) is 0 Å². The molecule has 122 valence electrons. The zero-order chi connectivity index (χ0) is 16.1. The summed E-state index contributed by atoms with van der Waals surface area (Å²) in [5, 5.41) is 0. The lowest BCUT2D eigenvalue weighted by Crippen LogP contribution is -2.01. The van der Waals surface area contributed by atoms with Crippen LogP contribution in [0.5, 0.6) is 5.75 Å². The van der Waals surface area contributed by atoms with Crippen LogP contribution in [0.4, 0.5) is 0 Å². The summed E-state index contributed by atoms with van der Waals surface area (Å²) in [6.07, 6.45) is 6.41. The molecule has 1 fully saturated rings. The molecule has 2 atom stereocenters. The van der Waals surface area contributed by atoms with Gasteiger partial charge in [0.2, 0.25) is 0 Å². The lowest BCUT2D eigenvalue weighted by molar-refractivity contribution is 0.322. The highest BCUT2D eigenvalue weighted by atomic mass is 16.5. The molecule has 1 nitrogen and oxygen atoms in total. The van der Waals surface area contributed by atoms with Crippen molar-refractivity contribution < 1.29 is 4.74 Å². The average molecular weight is 308 g/mol. The molecule has 0 N–H and O–H groups in total. The predicted molar refractivity (Wildman–Crippen MR) is 97.2 cm³/mol. The Kier molecular flexibility index (Phi) is 5.38. The first kappa shape index (κ1) is 16.1. The van der Waals surface area contributed by atoms with E-state index in [0.717, 1.165) is 30.6 Å². The highest BCUT2D eigenvalue weighted by Gasteiger charge is 2.24. The molecule has 0 aliphatic heterocycles. The molecular weight excluding hydrogens is 280 g/mol. The van der Waals surface area contributed by atoms with E-state index in [1.165, 1.54) is 42.4 Å². The summed E-state index contributed by atoms with van der Waals surface area (Å²) in [7, 11) is 0. The number of hydrogen-bond acceptors (Lipinski definition) is 1. The van der Waals surface area contributed by atoms with Crippen LogP contribution in [0.3, 0.4) is 0 Å². The van der Waals surface area contributed by atoms with Crippen molar-refractivity contribution in [3.05, 3.63) is 65.2 Å². The Bertz CT molecular complexity index is 597. The zero-order valence-electron chi connectivity index (χ0n) is 14.4. The second-order valence-corrected chi connectivity index (χ2v) is 6.94. The van der Waals surface area contributed by atoms with Gasteiger partial charge in [-0.05, 0) is 61.3 Å². The van der Waals surface area contributed by atoms with Crippen molar-refractivity contribution in [2.24, 2.45) is 5.92 Å². The van der Waals surface area contributed by atoms with Gasteiger partial charge in [-0.1, -0.05) is 55.3 Å². The van der Waals surface area contributed by atoms with Gasteiger partial charge < -0.3 is 4.74 Å². The molecule has 2 aromatic rings. The quantitative estimate of drug-likeness (QED) is 0.644. The summed E-state index contributed by atoms with van der Waals surface area (Å²) in [5.74, 6) is 2.69. The first-order chi connectivity index (χ1) is 11.2. The molecule has 0 heterocycles. The van der Waals surface area contributed by atoms with Crippen molar-refractivity contribution >= 4 is 0 Å². The Hall–Kier alpha value is -1.76. The SMILES string of the molecule is CCC1CCC(c2ccc(OCCc3ccc(C)cc3)cc2)C1. The van der Waals surface area contributed by atoms with E-state index in [1.54, 1.807) is 0 Å². The minimum absolute atomic E-state index is 0.740. The van der Waals surface area contributed by atoms with Gasteiger partial charge in [0.25, 0.3) is 0 Å². The molecule has 2 unspecified atom stereocenters. The van der Waals surface area contributed by atoms with E-state index in [0.29, 0.717) is 0 Å². The molecule has 2 aromatic carbocycles. The molecule has 23 heavy (non-hydrogen) atoms. The van der Waals surface area contributed by atoms with Gasteiger partial charge in [0.1, 0.15) is 5.75 Å². The van der Waals surface area contributed by atoms with E-state index < -0.39 is 0 Å². The number of hydrogen-bond donors (Lipinski definition) is 0. The van der Waals surface area contributed by atoms with Gasteiger partial charge in [0.15, 0.2) is 0 Å². The van der Waals surface area contributed by atoms with Gasteiger partial charge in [0.05, 0.1) is 6.61 Å². The van der Waals surface area contributed by atoms with Crippen LogP contribution in [0.1, 0.15) is 55.2 Å². The van der Waals surface area contributed by atoms with E-state index in [2.05, 4.69) is 62.4 Å². The van der Waals surface area contributed by atoms with Crippen molar-refractivity contribution in [3.8, 4) is 5.75 Å². The van der Waals surface area contributed by atoms with Crippen LogP contribution in [-0.4, -0.2) is 6.61 Å². The third-order valence-corrected chi connectivity index (χ3v) is 5.25. The molecule has 1 aliphatic rings. The zero-order valence-corrected chi connectivity index (χ0v) is 14.4. The third-order valence-electron chi connectivity index (χ3n) is 5.25. The van der Waals surface area contributed by atoms with Gasteiger partial charge in [-0.2, -0.15) is 0 Å². The lowest BCUT2D eigenvalue weighted by Gasteiger charge is -2.12. The molecule has 3 rings (SSSR count). The number of rotatable bonds is 6. The summed E-state index contributed by atoms with van der Waals surface area (Å²) in [5.41, 5.74) is 4.14. The number of ether oxygens (including phenoxy) is 1. The smallest absolute Gasteiger partial charge is 0.119 e. The molecule has 0 bridgehead atoms. The third kappa shape index (κ3) is 4.37. The Morgan fingerprint density at radius 1 is 0.957 bits per heavy atom. The highest BCUT2D eigenvalue weighted by molar-refractivity contribution is 5.30. The highest BCUT2D eigenvalue weighted by Crippen LogP contribution is 2.39. The van der Waals surface area contributed by atoms with Crippen molar-refractivity contribution in [3.63, 3.8) is 0 Å². The minimum Gasteiger partial charge on any atom is -0.493 e. The summed E-state index contributed by atoms with van der Waals surface area (Å²) in [6, 6.07) is 17.5. The molecule has 1 aliphatic carbocycles. The number of benzene rings is 2. The van der Waals surface area contributed by atoms with Crippen molar-refractivity contribution in [2.75, 3.05) is 6.61 Å². The van der Waals surface area contributed by atoms with E-state index in [-0.39, 0.29) is 0 Å². The lowest BCUT2D eigenvalue weighted by atomic mass is 9.95. The van der Waals surface area contributed by atoms with Crippen molar-refractivity contribution in [1.29, 1.82) is 0 Å². The Morgan fingerprint density at radius 3 is 2.35 bits per heavy atom. The summed E-state index contributed by atoms with van der Waals surface area (Å²) >= 11 is 0. The standard InChI is InChI=1S/C22H28O/c1-3-18-8-9-21(16-18)20-10-12-22(13-11-20)23-15-14-19-6-4-17(2)5-7-19/h4-7,10-13,18,21H,3,8-9,14-16H2,1-2H3. The van der Waals surface area contributed by atoms with E-state index in [4.69, 9.17) is 4.74 Å². The second kappa shape index (κ2) is 7.68. The fourth-order valence-corrected chi connectivity index (χ4v) is 3.63. The molecular formula is C22H28O. The maximum Gasteiger partial charge on any atom is 0.119 e. The maximum absolute atomic E-state index is 5.90. The number of aryl methyl sites for hydroxylation is 1. The van der Waals surface area contributed by atoms with Crippen LogP contribution in [0, 0.1) is 12.8 Å². The fraction of sp³-hybridized carbons (Fsp3) is 0.455. The Balaban J connectivity index is 1.49. The predicted octanol–water partition coefficient (Wildman–Crippen LogP) is 5.91. The average Bonchev–Trinajstić information content (AvgIpc) is 3.06.